The van der Waals surface area contributed by atoms with Crippen LogP contribution in [0.5, 0.6) is 0 Å². The lowest BCUT2D eigenvalue weighted by atomic mass is 9.64. The minimum absolute atomic E-state index is 0.0324. The number of carbonyl (C=O) groups excluding carboxylic acids is 1. The van der Waals surface area contributed by atoms with Gasteiger partial charge in [-0.25, -0.2) is 4.39 Å². The summed E-state index contributed by atoms with van der Waals surface area (Å²) in [6.07, 6.45) is 4.81. The SMILES string of the molecule is CCCC(N)C(=O)NCC1(c2ccc(F)cc2)CCC1. The highest BCUT2D eigenvalue weighted by atomic mass is 19.1. The first-order valence-electron chi connectivity index (χ1n) is 7.37. The Morgan fingerprint density at radius 3 is 2.55 bits per heavy atom. The number of hydrogen-bond donors (Lipinski definition) is 2. The molecule has 0 spiro atoms. The fraction of sp³-hybridized carbons (Fsp3) is 0.562. The minimum Gasteiger partial charge on any atom is -0.354 e. The molecule has 1 amide bonds. The third-order valence-corrected chi connectivity index (χ3v) is 4.30. The second-order valence-electron chi connectivity index (χ2n) is 5.75. The molecular formula is C16H23FN2O. The summed E-state index contributed by atoms with van der Waals surface area (Å²) < 4.78 is 13.0. The number of halogens is 1. The number of hydrogen-bond acceptors (Lipinski definition) is 2. The van der Waals surface area contributed by atoms with E-state index in [-0.39, 0.29) is 17.1 Å². The summed E-state index contributed by atoms with van der Waals surface area (Å²) in [7, 11) is 0. The van der Waals surface area contributed by atoms with Crippen LogP contribution >= 0.6 is 0 Å². The van der Waals surface area contributed by atoms with Gasteiger partial charge in [0.15, 0.2) is 0 Å². The first-order valence-corrected chi connectivity index (χ1v) is 7.37. The molecule has 0 aliphatic heterocycles. The number of carbonyl (C=O) groups is 1. The van der Waals surface area contributed by atoms with E-state index < -0.39 is 6.04 Å². The van der Waals surface area contributed by atoms with Crippen molar-refractivity contribution in [1.82, 2.24) is 5.32 Å². The van der Waals surface area contributed by atoms with E-state index in [1.54, 1.807) is 0 Å². The maximum absolute atomic E-state index is 13.0. The molecule has 4 heteroatoms. The number of rotatable bonds is 6. The Hall–Kier alpha value is -1.42. The highest BCUT2D eigenvalue weighted by molar-refractivity contribution is 5.81. The highest BCUT2D eigenvalue weighted by Crippen LogP contribution is 2.43. The molecule has 1 aliphatic carbocycles. The van der Waals surface area contributed by atoms with Crippen molar-refractivity contribution in [3.8, 4) is 0 Å². The second kappa shape index (κ2) is 6.35. The molecule has 1 aromatic rings. The van der Waals surface area contributed by atoms with Gasteiger partial charge in [0.1, 0.15) is 5.82 Å². The predicted octanol–water partition coefficient (Wildman–Crippen LogP) is 2.49. The van der Waals surface area contributed by atoms with Gasteiger partial charge in [0.2, 0.25) is 5.91 Å². The van der Waals surface area contributed by atoms with E-state index in [1.807, 2.05) is 19.1 Å². The van der Waals surface area contributed by atoms with Crippen molar-refractivity contribution in [2.45, 2.75) is 50.5 Å². The van der Waals surface area contributed by atoms with Gasteiger partial charge in [-0.2, -0.15) is 0 Å². The average Bonchev–Trinajstić information content (AvgIpc) is 2.39. The summed E-state index contributed by atoms with van der Waals surface area (Å²) in [6, 6.07) is 6.20. The predicted molar refractivity (Wildman–Crippen MR) is 77.8 cm³/mol. The Balaban J connectivity index is 1.98. The van der Waals surface area contributed by atoms with Crippen LogP contribution in [0, 0.1) is 5.82 Å². The van der Waals surface area contributed by atoms with Crippen LogP contribution in [0.3, 0.4) is 0 Å². The van der Waals surface area contributed by atoms with Crippen LogP contribution in [0.4, 0.5) is 4.39 Å². The molecule has 1 aromatic carbocycles. The van der Waals surface area contributed by atoms with E-state index in [4.69, 9.17) is 5.73 Å². The van der Waals surface area contributed by atoms with E-state index in [0.717, 1.165) is 31.2 Å². The van der Waals surface area contributed by atoms with E-state index in [2.05, 4.69) is 5.32 Å². The number of nitrogens with one attached hydrogen (secondary N) is 1. The van der Waals surface area contributed by atoms with Crippen LogP contribution in [0.25, 0.3) is 0 Å². The Labute approximate surface area is 119 Å². The van der Waals surface area contributed by atoms with Crippen molar-refractivity contribution in [2.24, 2.45) is 5.73 Å². The standard InChI is InChI=1S/C16H23FN2O/c1-2-4-14(18)15(20)19-11-16(9-3-10-16)12-5-7-13(17)8-6-12/h5-8,14H,2-4,9-11,18H2,1H3,(H,19,20). The first kappa shape index (κ1) is 15.0. The molecule has 1 unspecified atom stereocenters. The second-order valence-corrected chi connectivity index (χ2v) is 5.75. The molecule has 2 rings (SSSR count). The summed E-state index contributed by atoms with van der Waals surface area (Å²) >= 11 is 0. The molecule has 0 heterocycles. The topological polar surface area (TPSA) is 55.1 Å². The fourth-order valence-corrected chi connectivity index (χ4v) is 2.80. The highest BCUT2D eigenvalue weighted by Gasteiger charge is 2.39. The zero-order chi connectivity index (χ0) is 14.6. The maximum Gasteiger partial charge on any atom is 0.236 e. The summed E-state index contributed by atoms with van der Waals surface area (Å²) in [4.78, 5) is 11.9. The molecule has 110 valence electrons. The van der Waals surface area contributed by atoms with Crippen LogP contribution < -0.4 is 11.1 Å². The Morgan fingerprint density at radius 2 is 2.05 bits per heavy atom. The lowest BCUT2D eigenvalue weighted by molar-refractivity contribution is -0.123. The van der Waals surface area contributed by atoms with Gasteiger partial charge in [-0.3, -0.25) is 4.79 Å². The van der Waals surface area contributed by atoms with Crippen LogP contribution in [0.1, 0.15) is 44.6 Å². The largest absolute Gasteiger partial charge is 0.354 e. The quantitative estimate of drug-likeness (QED) is 0.840. The Bertz CT molecular complexity index is 454. The molecule has 0 bridgehead atoms. The van der Waals surface area contributed by atoms with Gasteiger partial charge in [0.25, 0.3) is 0 Å². The zero-order valence-electron chi connectivity index (χ0n) is 12.0. The van der Waals surface area contributed by atoms with E-state index in [0.29, 0.717) is 13.0 Å². The molecule has 0 aromatic heterocycles. The smallest absolute Gasteiger partial charge is 0.236 e. The van der Waals surface area contributed by atoms with E-state index in [1.165, 1.54) is 12.1 Å². The summed E-state index contributed by atoms with van der Waals surface area (Å²) in [5, 5.41) is 2.97. The van der Waals surface area contributed by atoms with Gasteiger partial charge in [0.05, 0.1) is 6.04 Å². The molecule has 1 fully saturated rings. The summed E-state index contributed by atoms with van der Waals surface area (Å²) in [5.74, 6) is -0.308. The normalized spacial score (nSPS) is 18.1. The van der Waals surface area contributed by atoms with Gasteiger partial charge < -0.3 is 11.1 Å². The van der Waals surface area contributed by atoms with Crippen LogP contribution in [-0.4, -0.2) is 18.5 Å². The number of nitrogens with two attached hydrogens (primary N) is 1. The van der Waals surface area contributed by atoms with Crippen molar-refractivity contribution < 1.29 is 9.18 Å². The number of benzene rings is 1. The Morgan fingerprint density at radius 1 is 1.40 bits per heavy atom. The van der Waals surface area contributed by atoms with Crippen molar-refractivity contribution in [3.05, 3.63) is 35.6 Å². The van der Waals surface area contributed by atoms with Crippen molar-refractivity contribution in [2.75, 3.05) is 6.54 Å². The summed E-state index contributed by atoms with van der Waals surface area (Å²) in [6.45, 7) is 2.61. The third-order valence-electron chi connectivity index (χ3n) is 4.30. The monoisotopic (exact) mass is 278 g/mol. The molecular weight excluding hydrogens is 255 g/mol. The van der Waals surface area contributed by atoms with Crippen LogP contribution in [0.2, 0.25) is 0 Å². The molecule has 0 saturated heterocycles. The summed E-state index contributed by atoms with van der Waals surface area (Å²) in [5.41, 5.74) is 6.89. The van der Waals surface area contributed by atoms with Crippen molar-refractivity contribution in [1.29, 1.82) is 0 Å². The van der Waals surface area contributed by atoms with E-state index >= 15 is 0 Å². The van der Waals surface area contributed by atoms with Gasteiger partial charge in [0, 0.05) is 12.0 Å². The minimum atomic E-state index is -0.426. The number of amides is 1. The van der Waals surface area contributed by atoms with Gasteiger partial charge in [-0.1, -0.05) is 31.9 Å². The zero-order valence-corrected chi connectivity index (χ0v) is 12.0. The van der Waals surface area contributed by atoms with Crippen molar-refractivity contribution >= 4 is 5.91 Å². The van der Waals surface area contributed by atoms with E-state index in [9.17, 15) is 9.18 Å². The Kier molecular flexibility index (Phi) is 4.76. The third kappa shape index (κ3) is 3.18. The molecule has 20 heavy (non-hydrogen) atoms. The van der Waals surface area contributed by atoms with Crippen LogP contribution in [-0.2, 0) is 10.2 Å². The van der Waals surface area contributed by atoms with Gasteiger partial charge >= 0.3 is 0 Å². The average molecular weight is 278 g/mol. The fourth-order valence-electron chi connectivity index (χ4n) is 2.80. The molecule has 1 atom stereocenters. The van der Waals surface area contributed by atoms with Crippen LogP contribution in [0.15, 0.2) is 24.3 Å². The van der Waals surface area contributed by atoms with Crippen molar-refractivity contribution in [3.63, 3.8) is 0 Å². The molecule has 0 radical (unpaired) electrons. The molecule has 3 N–H and O–H groups in total. The molecule has 1 aliphatic rings. The first-order chi connectivity index (χ1) is 9.57. The maximum atomic E-state index is 13.0. The lowest BCUT2D eigenvalue weighted by Gasteiger charge is -2.42. The van der Waals surface area contributed by atoms with Gasteiger partial charge in [-0.15, -0.1) is 0 Å². The lowest BCUT2D eigenvalue weighted by Crippen LogP contribution is -2.49. The van der Waals surface area contributed by atoms with Gasteiger partial charge in [-0.05, 0) is 37.0 Å². The molecule has 1 saturated carbocycles. The molecule has 3 nitrogen and oxygen atoms in total.